The van der Waals surface area contributed by atoms with Gasteiger partial charge in [0.1, 0.15) is 108 Å². The molecule has 3 rings (SSSR count). The Morgan fingerprint density at radius 2 is 0.807 bits per heavy atom. The summed E-state index contributed by atoms with van der Waals surface area (Å²) in [5, 5.41) is 145. The van der Waals surface area contributed by atoms with E-state index in [1.54, 1.807) is 19.9 Å². The van der Waals surface area contributed by atoms with Gasteiger partial charge >= 0.3 is 23.9 Å². The van der Waals surface area contributed by atoms with Crippen LogP contribution in [0.4, 0.5) is 0 Å². The molecule has 0 radical (unpaired) electrons. The summed E-state index contributed by atoms with van der Waals surface area (Å²) in [6.07, 6.45) is -6.40. The number of aromatic amines is 1. The van der Waals surface area contributed by atoms with Crippen LogP contribution in [0.15, 0.2) is 67.1 Å². The SMILES string of the molecule is CC(C)C[C@H](NC(=O)[C@H](Cc1ccc(O)cc1)NC(=O)[C@H](CO)NC(=O)[C@H](CO)NC(=O)[C@@H](NC(=O)[C@H](CC(=O)O)NC(=O)[C@H](CO)NC(=O)[C@@H](NC(=O)[C@H](Cc1ccccc1)NC(=O)[C@@H](NC(=O)CNC(=O)[C@H](CCC(=O)O)NC(=O)C(C)(C)NC(=O)[C@@H](N)Cc1c[nH]cn1)[C@@H](C)O)[C@@H](C)O)C(C)C)C(=O)N[C@@H](CCC(=O)O)C(=O)NCC(=O)N[C@@H](CCC(N)=O)C(=O)N[C@@H](C)C(=O)N[C@@H](CS)C(=O)N[C@@H](CCCCN)C(=O)O. The van der Waals surface area contributed by atoms with Crippen molar-refractivity contribution in [1.82, 2.24) is 111 Å². The number of rotatable bonds is 69. The highest BCUT2D eigenvalue weighted by molar-refractivity contribution is 7.80. The van der Waals surface area contributed by atoms with Crippen LogP contribution < -0.4 is 118 Å². The number of phenols is 1. The maximum Gasteiger partial charge on any atom is 0.326 e. The summed E-state index contributed by atoms with van der Waals surface area (Å²) in [5.41, 5.74) is 16.0. The Balaban J connectivity index is 1.81. The van der Waals surface area contributed by atoms with E-state index in [-0.39, 0.29) is 42.9 Å². The second-order valence-electron chi connectivity index (χ2n) is 36.2. The van der Waals surface area contributed by atoms with Crippen molar-refractivity contribution in [2.24, 2.45) is 29.0 Å². The van der Waals surface area contributed by atoms with Crippen LogP contribution in [0.1, 0.15) is 150 Å². The van der Waals surface area contributed by atoms with Crippen LogP contribution in [0.2, 0.25) is 0 Å². The van der Waals surface area contributed by atoms with E-state index in [1.807, 2.05) is 10.6 Å². The number of carbonyl (C=O) groups is 24. The lowest BCUT2D eigenvalue weighted by molar-refractivity contribution is -0.142. The molecular formula is C91H138N24O34S. The van der Waals surface area contributed by atoms with Crippen molar-refractivity contribution in [3.63, 3.8) is 0 Å². The normalized spacial score (nSPS) is 15.0. The Labute approximate surface area is 864 Å². The smallest absolute Gasteiger partial charge is 0.326 e. The number of aliphatic carboxylic acids is 4. The summed E-state index contributed by atoms with van der Waals surface area (Å²) in [6, 6.07) is -17.9. The van der Waals surface area contributed by atoms with E-state index in [1.165, 1.54) is 95.7 Å². The third-order valence-corrected chi connectivity index (χ3v) is 22.7. The zero-order chi connectivity index (χ0) is 113. The number of aromatic hydroxyl groups is 1. The van der Waals surface area contributed by atoms with E-state index in [4.69, 9.17) is 17.2 Å². The third kappa shape index (κ3) is 46.5. The molecule has 0 aliphatic carbocycles. The Kier molecular flexibility index (Phi) is 55.7. The molecular weight excluding hydrogens is 2010 g/mol. The molecule has 3 aromatic rings. The molecule has 36 N–H and O–H groups in total. The predicted octanol–water partition coefficient (Wildman–Crippen LogP) is -12.6. The summed E-state index contributed by atoms with van der Waals surface area (Å²) >= 11 is 4.08. The first-order valence-electron chi connectivity index (χ1n) is 47.3. The number of aliphatic hydroxyl groups is 5. The highest BCUT2D eigenvalue weighted by atomic mass is 32.1. The van der Waals surface area contributed by atoms with Crippen molar-refractivity contribution in [3.8, 4) is 5.75 Å². The van der Waals surface area contributed by atoms with Crippen LogP contribution in [0.25, 0.3) is 0 Å². The number of amides is 20. The minimum absolute atomic E-state index is 0.00500. The molecule has 0 bridgehead atoms. The molecule has 0 unspecified atom stereocenters. The summed E-state index contributed by atoms with van der Waals surface area (Å²) in [7, 11) is 0. The number of nitrogens with zero attached hydrogens (tertiary/aromatic N) is 1. The summed E-state index contributed by atoms with van der Waals surface area (Å²) in [6.45, 7) is 5.75. The topological polar surface area (TPSA) is 947 Å². The van der Waals surface area contributed by atoms with E-state index in [9.17, 15) is 166 Å². The molecule has 19 atom stereocenters. The van der Waals surface area contributed by atoms with Gasteiger partial charge in [0, 0.05) is 50.5 Å². The van der Waals surface area contributed by atoms with Crippen molar-refractivity contribution < 1.29 is 166 Å². The first-order valence-corrected chi connectivity index (χ1v) is 48.0. The molecule has 0 saturated heterocycles. The maximum absolute atomic E-state index is 14.6. The van der Waals surface area contributed by atoms with Gasteiger partial charge < -0.3 is 174 Å². The molecule has 2 aromatic carbocycles. The first-order chi connectivity index (χ1) is 70.4. The van der Waals surface area contributed by atoms with Gasteiger partial charge in [0.05, 0.1) is 69.6 Å². The minimum atomic E-state index is -2.23. The van der Waals surface area contributed by atoms with Gasteiger partial charge in [0.2, 0.25) is 118 Å². The molecule has 1 heterocycles. The first kappa shape index (κ1) is 129. The second-order valence-corrected chi connectivity index (χ2v) is 36.5. The van der Waals surface area contributed by atoms with Gasteiger partial charge in [-0.05, 0) is 121 Å². The number of carboxylic acids is 4. The van der Waals surface area contributed by atoms with Crippen molar-refractivity contribution in [2.75, 3.05) is 45.2 Å². The van der Waals surface area contributed by atoms with Crippen LogP contribution >= 0.6 is 12.6 Å². The van der Waals surface area contributed by atoms with Crippen molar-refractivity contribution in [3.05, 3.63) is 83.9 Å². The average Bonchev–Trinajstić information content (AvgIpc) is 1.01. The van der Waals surface area contributed by atoms with Gasteiger partial charge in [-0.1, -0.05) is 70.2 Å². The molecule has 20 amide bonds. The van der Waals surface area contributed by atoms with Gasteiger partial charge in [-0.15, -0.1) is 0 Å². The molecule has 58 nitrogen and oxygen atoms in total. The van der Waals surface area contributed by atoms with Gasteiger partial charge in [-0.2, -0.15) is 12.6 Å². The van der Waals surface area contributed by atoms with Crippen molar-refractivity contribution in [2.45, 2.75) is 273 Å². The number of thiol groups is 1. The number of H-pyrrole nitrogens is 1. The lowest BCUT2D eigenvalue weighted by Gasteiger charge is -2.29. The number of carbonyl (C=O) groups excluding carboxylic acids is 20. The Bertz CT molecular complexity index is 5140. The number of nitrogens with one attached hydrogen (secondary N) is 20. The molecule has 0 spiro atoms. The number of imidazole rings is 1. The molecule has 59 heteroatoms. The number of phenolic OH excluding ortho intramolecular Hbond substituents is 1. The highest BCUT2D eigenvalue weighted by Crippen LogP contribution is 2.18. The third-order valence-electron chi connectivity index (χ3n) is 22.3. The number of primary amides is 1. The molecule has 0 aliphatic rings. The summed E-state index contributed by atoms with van der Waals surface area (Å²) in [4.78, 5) is 329. The number of hydrogen-bond donors (Lipinski definition) is 34. The average molecular weight is 2140 g/mol. The molecule has 0 saturated carbocycles. The highest BCUT2D eigenvalue weighted by Gasteiger charge is 2.42. The van der Waals surface area contributed by atoms with Crippen LogP contribution in [0, 0.1) is 11.8 Å². The van der Waals surface area contributed by atoms with E-state index >= 15 is 0 Å². The predicted molar refractivity (Wildman–Crippen MR) is 525 cm³/mol. The van der Waals surface area contributed by atoms with Gasteiger partial charge in [0.15, 0.2) is 0 Å². The van der Waals surface area contributed by atoms with Crippen LogP contribution in [0.5, 0.6) is 5.75 Å². The van der Waals surface area contributed by atoms with Crippen molar-refractivity contribution >= 4 is 155 Å². The van der Waals surface area contributed by atoms with Gasteiger partial charge in [-0.25, -0.2) is 9.78 Å². The lowest BCUT2D eigenvalue weighted by Crippen LogP contribution is -2.63. The lowest BCUT2D eigenvalue weighted by atomic mass is 10.00. The number of carboxylic acid groups (broad SMARTS) is 4. The summed E-state index contributed by atoms with van der Waals surface area (Å²) in [5.74, 6) is -32.1. The van der Waals surface area contributed by atoms with Crippen molar-refractivity contribution in [1.29, 1.82) is 0 Å². The fraction of sp³-hybridized carbons (Fsp3) is 0.571. The Morgan fingerprint density at radius 3 is 1.27 bits per heavy atom. The van der Waals surface area contributed by atoms with E-state index in [0.29, 0.717) is 24.1 Å². The van der Waals surface area contributed by atoms with Crippen LogP contribution in [0.3, 0.4) is 0 Å². The fourth-order valence-electron chi connectivity index (χ4n) is 13.9. The van der Waals surface area contributed by atoms with E-state index in [0.717, 1.165) is 13.8 Å². The Hall–Kier alpha value is -15.2. The quantitative estimate of drug-likeness (QED) is 0.0184. The second kappa shape index (κ2) is 64.8. The van der Waals surface area contributed by atoms with Gasteiger partial charge in [0.25, 0.3) is 0 Å². The number of nitrogens with two attached hydrogens (primary N) is 3. The number of unbranched alkanes of at least 4 members (excludes halogenated alkanes) is 1. The van der Waals surface area contributed by atoms with E-state index < -0.39 is 365 Å². The number of aliphatic hydroxyl groups excluding tert-OH is 5. The number of benzene rings is 2. The Morgan fingerprint density at radius 1 is 0.407 bits per heavy atom. The monoisotopic (exact) mass is 2140 g/mol. The number of aromatic nitrogens is 2. The standard InChI is InChI=1S/C91H138N24O34S/c1-42(2)29-56(78(136)101-52(23-26-67(125)126)75(133)96-35-65(123)100-54(22-25-64(94)122)77(135)99-44(5)73(131)110-63(40-150)85(143)102-55(89(147)148)17-13-14-28-92)103-79(137)57(31-48-18-20-50(121)21-19-48)104-82(140)60(37-116)107-84(142)62(39-118)108-86(144)70(43(3)4)113-81(139)59(33-69(129)130)105-83(141)61(38-117)109-88(146)72(46(7)120)114-80(138)58(30-47-15-11-10-12-16-47)106-87(145)71(45(6)119)112-66(124)36-97-76(134)53(24-27-68(127)128)111-90(149)91(8,9)115-74(132)51(93)32-49-34-95-41-98-49/h10-12,15-16,18-21,34,41-46,51-63,70-72,116-121,150H,13-14,17,22-33,35-40,92-93H2,1-9H3,(H2,94,122)(H,95,98)(H,96,133)(H,97,134)(H,99,135)(H,100,123)(H,101,136)(H,102,143)(H,103,137)(H,104,140)(H,105,141)(H,106,145)(H,107,142)(H,108,144)(H,109,146)(H,110,131)(H,111,149)(H,112,124)(H,113,139)(H,114,138)(H,115,132)(H,125,126)(H,127,128)(H,129,130)(H,147,148)/t44-,45+,46+,51-,52-,53-,54-,55-,56-,57-,58-,59-,60-,61-,62-,63-,70-,71-,72-/m0/s1. The molecule has 0 fully saturated rings. The fourth-order valence-corrected chi connectivity index (χ4v) is 14.2. The summed E-state index contributed by atoms with van der Waals surface area (Å²) < 4.78 is 0. The van der Waals surface area contributed by atoms with Crippen LogP contribution in [-0.4, -0.2) is 369 Å². The number of hydrogen-bond acceptors (Lipinski definition) is 34. The molecule has 150 heavy (non-hydrogen) atoms. The minimum Gasteiger partial charge on any atom is -0.508 e. The van der Waals surface area contributed by atoms with Gasteiger partial charge in [-0.3, -0.25) is 110 Å². The molecule has 832 valence electrons. The largest absolute Gasteiger partial charge is 0.508 e. The zero-order valence-electron chi connectivity index (χ0n) is 83.7. The molecule has 0 aliphatic heterocycles. The molecule has 1 aromatic heterocycles. The zero-order valence-corrected chi connectivity index (χ0v) is 84.6. The van der Waals surface area contributed by atoms with E-state index in [2.05, 4.69) is 113 Å². The van der Waals surface area contributed by atoms with Crippen LogP contribution in [-0.2, 0) is 134 Å². The maximum atomic E-state index is 14.6.